The van der Waals surface area contributed by atoms with Crippen LogP contribution in [0.25, 0.3) is 21.0 Å². The summed E-state index contributed by atoms with van der Waals surface area (Å²) in [6.45, 7) is 0.141. The van der Waals surface area contributed by atoms with Gasteiger partial charge in [-0.15, -0.1) is 10.2 Å². The minimum absolute atomic E-state index is 0.0248. The highest BCUT2D eigenvalue weighted by atomic mass is 35.7. The van der Waals surface area contributed by atoms with Crippen LogP contribution in [0.2, 0.25) is 0 Å². The van der Waals surface area contributed by atoms with Gasteiger partial charge in [0.25, 0.3) is 9.05 Å². The second-order valence-corrected chi connectivity index (χ2v) is 6.98. The van der Waals surface area contributed by atoms with Crippen LogP contribution in [0.3, 0.4) is 0 Å². The molecule has 1 heterocycles. The Hall–Kier alpha value is -1.67. The first kappa shape index (κ1) is 13.8. The van der Waals surface area contributed by atoms with Crippen molar-refractivity contribution in [3.8, 4) is 10.6 Å². The van der Waals surface area contributed by atoms with E-state index in [9.17, 15) is 8.42 Å². The van der Waals surface area contributed by atoms with E-state index in [2.05, 4.69) is 20.2 Å². The summed E-state index contributed by atoms with van der Waals surface area (Å²) >= 11 is 1.27. The molecule has 0 saturated heterocycles. The first-order chi connectivity index (χ1) is 9.00. The van der Waals surface area contributed by atoms with Gasteiger partial charge >= 0.3 is 0 Å². The lowest BCUT2D eigenvalue weighted by molar-refractivity contribution is 0.609. The number of azide groups is 1. The number of rotatable bonds is 4. The van der Waals surface area contributed by atoms with Gasteiger partial charge in [0.2, 0.25) is 0 Å². The van der Waals surface area contributed by atoms with E-state index >= 15 is 0 Å². The summed E-state index contributed by atoms with van der Waals surface area (Å²) in [5.41, 5.74) is 8.92. The van der Waals surface area contributed by atoms with Gasteiger partial charge in [-0.1, -0.05) is 28.6 Å². The molecule has 2 rings (SSSR count). The van der Waals surface area contributed by atoms with Crippen molar-refractivity contribution in [2.45, 2.75) is 11.4 Å². The Labute approximate surface area is 116 Å². The van der Waals surface area contributed by atoms with Gasteiger partial charge in [0.15, 0.2) is 0 Å². The van der Waals surface area contributed by atoms with Crippen LogP contribution >= 0.6 is 22.0 Å². The Balaban J connectivity index is 2.27. The van der Waals surface area contributed by atoms with Gasteiger partial charge in [-0.25, -0.2) is 8.42 Å². The molecule has 0 aliphatic rings. The number of hydrogen-bond acceptors (Lipinski definition) is 6. The maximum absolute atomic E-state index is 11.1. The molecule has 0 atom stereocenters. The SMILES string of the molecule is [N-]=[N+]=NCc1nnc(-c2ccc(S(=O)(=O)Cl)cc2)s1. The van der Waals surface area contributed by atoms with Crippen molar-refractivity contribution >= 4 is 31.1 Å². The molecular weight excluding hydrogens is 310 g/mol. The van der Waals surface area contributed by atoms with E-state index in [4.69, 9.17) is 16.2 Å². The lowest BCUT2D eigenvalue weighted by Gasteiger charge is -1.97. The molecule has 0 amide bonds. The first-order valence-electron chi connectivity index (χ1n) is 4.89. The van der Waals surface area contributed by atoms with Crippen molar-refractivity contribution in [2.75, 3.05) is 0 Å². The smallest absolute Gasteiger partial charge is 0.207 e. The van der Waals surface area contributed by atoms with Gasteiger partial charge < -0.3 is 0 Å². The van der Waals surface area contributed by atoms with Crippen molar-refractivity contribution in [3.63, 3.8) is 0 Å². The highest BCUT2D eigenvalue weighted by molar-refractivity contribution is 8.13. The number of benzene rings is 1. The highest BCUT2D eigenvalue weighted by Crippen LogP contribution is 2.25. The minimum atomic E-state index is -3.72. The molecular formula is C9H6ClN5O2S2. The minimum Gasteiger partial charge on any atom is -0.207 e. The fraction of sp³-hybridized carbons (Fsp3) is 0.111. The van der Waals surface area contributed by atoms with Crippen LogP contribution in [0.4, 0.5) is 0 Å². The second-order valence-electron chi connectivity index (χ2n) is 3.35. The van der Waals surface area contributed by atoms with Crippen molar-refractivity contribution in [1.29, 1.82) is 0 Å². The molecule has 1 aromatic heterocycles. The van der Waals surface area contributed by atoms with Crippen LogP contribution in [0.5, 0.6) is 0 Å². The molecule has 0 spiro atoms. The Morgan fingerprint density at radius 3 is 2.58 bits per heavy atom. The Bertz CT molecular complexity index is 734. The van der Waals surface area contributed by atoms with Crippen LogP contribution < -0.4 is 0 Å². The third kappa shape index (κ3) is 3.42. The van der Waals surface area contributed by atoms with Crippen molar-refractivity contribution in [1.82, 2.24) is 10.2 Å². The van der Waals surface area contributed by atoms with E-state index in [1.807, 2.05) is 0 Å². The van der Waals surface area contributed by atoms with Crippen molar-refractivity contribution < 1.29 is 8.42 Å². The summed E-state index contributed by atoms with van der Waals surface area (Å²) in [6.07, 6.45) is 0. The summed E-state index contributed by atoms with van der Waals surface area (Å²) < 4.78 is 22.2. The molecule has 0 N–H and O–H groups in total. The van der Waals surface area contributed by atoms with Gasteiger partial charge in [0.1, 0.15) is 10.0 Å². The number of hydrogen-bond donors (Lipinski definition) is 0. The van der Waals surface area contributed by atoms with E-state index in [1.54, 1.807) is 12.1 Å². The fourth-order valence-corrected chi connectivity index (χ4v) is 2.82. The number of halogens is 1. The quantitative estimate of drug-likeness (QED) is 0.374. The summed E-state index contributed by atoms with van der Waals surface area (Å²) in [5, 5.41) is 12.4. The number of nitrogens with zero attached hydrogens (tertiary/aromatic N) is 5. The summed E-state index contributed by atoms with van der Waals surface area (Å²) in [4.78, 5) is 2.66. The van der Waals surface area contributed by atoms with Gasteiger partial charge in [-0.2, -0.15) is 0 Å². The zero-order valence-corrected chi connectivity index (χ0v) is 11.7. The molecule has 7 nitrogen and oxygen atoms in total. The highest BCUT2D eigenvalue weighted by Gasteiger charge is 2.11. The monoisotopic (exact) mass is 315 g/mol. The molecule has 98 valence electrons. The van der Waals surface area contributed by atoms with E-state index in [-0.39, 0.29) is 11.4 Å². The Morgan fingerprint density at radius 2 is 2.00 bits per heavy atom. The molecule has 0 saturated carbocycles. The van der Waals surface area contributed by atoms with Crippen LogP contribution in [-0.2, 0) is 15.6 Å². The van der Waals surface area contributed by atoms with Gasteiger partial charge in [0, 0.05) is 21.2 Å². The first-order valence-corrected chi connectivity index (χ1v) is 8.01. The van der Waals surface area contributed by atoms with Crippen LogP contribution in [-0.4, -0.2) is 18.6 Å². The Morgan fingerprint density at radius 1 is 1.32 bits per heavy atom. The molecule has 0 unspecified atom stereocenters. The number of aromatic nitrogens is 2. The fourth-order valence-electron chi connectivity index (χ4n) is 1.29. The largest absolute Gasteiger partial charge is 0.261 e. The van der Waals surface area contributed by atoms with E-state index in [1.165, 1.54) is 23.5 Å². The second kappa shape index (κ2) is 5.54. The van der Waals surface area contributed by atoms with Crippen molar-refractivity contribution in [3.05, 3.63) is 39.7 Å². The van der Waals surface area contributed by atoms with Crippen LogP contribution in [0.1, 0.15) is 5.01 Å². The summed E-state index contributed by atoms with van der Waals surface area (Å²) in [6, 6.07) is 5.97. The van der Waals surface area contributed by atoms with Gasteiger partial charge in [-0.05, 0) is 17.7 Å². The molecule has 0 aliphatic carbocycles. The van der Waals surface area contributed by atoms with E-state index in [0.29, 0.717) is 15.6 Å². The Kier molecular flexibility index (Phi) is 4.01. The zero-order chi connectivity index (χ0) is 13.9. The topological polar surface area (TPSA) is 109 Å². The van der Waals surface area contributed by atoms with Gasteiger partial charge in [-0.3, -0.25) is 0 Å². The molecule has 1 aromatic carbocycles. The predicted octanol–water partition coefficient (Wildman–Crippen LogP) is 2.94. The van der Waals surface area contributed by atoms with Gasteiger partial charge in [0.05, 0.1) is 11.4 Å². The van der Waals surface area contributed by atoms with E-state index in [0.717, 1.165) is 0 Å². The van der Waals surface area contributed by atoms with Crippen LogP contribution in [0.15, 0.2) is 34.3 Å². The van der Waals surface area contributed by atoms with Crippen LogP contribution in [0, 0.1) is 0 Å². The molecule has 2 aromatic rings. The molecule has 19 heavy (non-hydrogen) atoms. The average molecular weight is 316 g/mol. The molecule has 0 aliphatic heterocycles. The zero-order valence-electron chi connectivity index (χ0n) is 9.26. The summed E-state index contributed by atoms with van der Waals surface area (Å²) in [5.74, 6) is 0. The maximum Gasteiger partial charge on any atom is 0.261 e. The third-order valence-corrected chi connectivity index (χ3v) is 4.45. The normalized spacial score (nSPS) is 11.0. The molecule has 0 bridgehead atoms. The lowest BCUT2D eigenvalue weighted by atomic mass is 10.2. The lowest BCUT2D eigenvalue weighted by Crippen LogP contribution is -1.89. The average Bonchev–Trinajstić information content (AvgIpc) is 2.84. The van der Waals surface area contributed by atoms with E-state index < -0.39 is 9.05 Å². The standard InChI is InChI=1S/C9H6ClN5O2S2/c10-19(16,17)7-3-1-6(2-4-7)9-14-13-8(18-9)5-12-15-11/h1-4H,5H2. The molecule has 0 radical (unpaired) electrons. The maximum atomic E-state index is 11.1. The third-order valence-electron chi connectivity index (χ3n) is 2.12. The predicted molar refractivity (Wildman–Crippen MR) is 71.2 cm³/mol. The van der Waals surface area contributed by atoms with Crippen molar-refractivity contribution in [2.24, 2.45) is 5.11 Å². The molecule has 10 heteroatoms. The summed E-state index contributed by atoms with van der Waals surface area (Å²) in [7, 11) is 1.49. The molecule has 0 fully saturated rings.